The lowest BCUT2D eigenvalue weighted by Crippen LogP contribution is -2.24. The number of aromatic carboxylic acids is 1. The van der Waals surface area contributed by atoms with E-state index in [-0.39, 0.29) is 23.5 Å². The molecule has 2 N–H and O–H groups in total. The third-order valence-electron chi connectivity index (χ3n) is 7.10. The van der Waals surface area contributed by atoms with Crippen LogP contribution in [0.5, 0.6) is 11.8 Å². The van der Waals surface area contributed by atoms with Crippen LogP contribution in [-0.2, 0) is 4.74 Å². The van der Waals surface area contributed by atoms with Gasteiger partial charge in [0.25, 0.3) is 0 Å². The fraction of sp³-hybridized carbons (Fsp3) is 0.514. The van der Waals surface area contributed by atoms with Gasteiger partial charge in [0.15, 0.2) is 6.10 Å². The van der Waals surface area contributed by atoms with E-state index < -0.39 is 18.2 Å². The van der Waals surface area contributed by atoms with Gasteiger partial charge in [0.1, 0.15) is 5.75 Å². The van der Waals surface area contributed by atoms with Crippen molar-refractivity contribution in [3.63, 3.8) is 0 Å². The number of hydrogen-bond acceptors (Lipinski definition) is 6. The third kappa shape index (κ3) is 15.3. The Morgan fingerprint density at radius 3 is 1.78 bits per heavy atom. The van der Waals surface area contributed by atoms with Gasteiger partial charge < -0.3 is 19.7 Å². The number of carboxylic acid groups (broad SMARTS) is 1. The van der Waals surface area contributed by atoms with E-state index in [4.69, 9.17) is 14.6 Å². The molecule has 248 valence electrons. The second-order valence-electron chi connectivity index (χ2n) is 10.9. The van der Waals surface area contributed by atoms with Gasteiger partial charge in [0.05, 0.1) is 12.2 Å². The smallest absolute Gasteiger partial charge is 0.418 e. The highest BCUT2D eigenvalue weighted by molar-refractivity contribution is 5.87. The highest BCUT2D eigenvalue weighted by Gasteiger charge is 2.41. The molecule has 0 saturated heterocycles. The minimum atomic E-state index is -4.52. The molecule has 0 fully saturated rings. The quantitative estimate of drug-likeness (QED) is 0.127. The predicted molar refractivity (Wildman–Crippen MR) is 170 cm³/mol. The maximum atomic E-state index is 13.0. The number of unbranched alkanes of at least 4 members (excludes halogenated alkanes) is 10. The van der Waals surface area contributed by atoms with Crippen LogP contribution in [0.25, 0.3) is 11.1 Å². The van der Waals surface area contributed by atoms with Gasteiger partial charge in [-0.05, 0) is 48.2 Å². The van der Waals surface area contributed by atoms with Crippen LogP contribution in [0.1, 0.15) is 113 Å². The Hall–Kier alpha value is -3.66. The topological polar surface area (TPSA) is 102 Å². The van der Waals surface area contributed by atoms with E-state index in [1.54, 1.807) is 24.5 Å². The number of benzene rings is 2. The van der Waals surface area contributed by atoms with E-state index in [0.717, 1.165) is 61.1 Å². The largest absolute Gasteiger partial charge is 0.508 e. The molecule has 0 spiro atoms. The van der Waals surface area contributed by atoms with E-state index in [9.17, 15) is 23.1 Å². The molecule has 0 saturated carbocycles. The lowest BCUT2D eigenvalue weighted by atomic mass is 10.1. The summed E-state index contributed by atoms with van der Waals surface area (Å²) in [6, 6.07) is 12.0. The molecule has 0 radical (unpaired) electrons. The third-order valence-corrected chi connectivity index (χ3v) is 7.10. The maximum Gasteiger partial charge on any atom is 0.418 e. The Morgan fingerprint density at radius 1 is 0.733 bits per heavy atom. The molecule has 7 nitrogen and oxygen atoms in total. The molecule has 3 aromatic rings. The Labute approximate surface area is 264 Å². The zero-order chi connectivity index (χ0) is 32.9. The molecule has 0 aliphatic heterocycles. The summed E-state index contributed by atoms with van der Waals surface area (Å²) in [6.07, 6.45) is 10.6. The summed E-state index contributed by atoms with van der Waals surface area (Å²) >= 11 is 0. The second kappa shape index (κ2) is 21.1. The van der Waals surface area contributed by atoms with Gasteiger partial charge >= 0.3 is 18.2 Å². The van der Waals surface area contributed by atoms with Crippen molar-refractivity contribution in [1.82, 2.24) is 9.97 Å². The number of phenolic OH excluding ortho intramolecular Hbond substituents is 1. The number of rotatable bonds is 19. The van der Waals surface area contributed by atoms with Gasteiger partial charge in [-0.2, -0.15) is 13.2 Å². The summed E-state index contributed by atoms with van der Waals surface area (Å²) in [5.74, 6) is -0.921. The molecule has 45 heavy (non-hydrogen) atoms. The molecule has 0 bridgehead atoms. The van der Waals surface area contributed by atoms with Crippen LogP contribution in [0.15, 0.2) is 60.9 Å². The van der Waals surface area contributed by atoms with Crippen LogP contribution >= 0.6 is 0 Å². The van der Waals surface area contributed by atoms with Crippen LogP contribution in [-0.4, -0.2) is 45.5 Å². The molecular weight excluding hydrogens is 585 g/mol. The standard InChI is InChI=1S/C20H28N2O2.C15H19F3O3/c1-2-3-4-5-6-7-8-9-14-24-20-21-15-18(16-22-20)17-10-12-19(23)13-11-17;1-2-3-4-5-10-21-13(15(16,17)18)11-6-8-12(9-7-11)14(19)20/h10-13,15-16,23H,2-9,14H2,1H3;6-9,13H,2-5,10H2,1H3,(H,19,20). The zero-order valence-electron chi connectivity index (χ0n) is 26.4. The molecule has 3 rings (SSSR count). The van der Waals surface area contributed by atoms with Crippen molar-refractivity contribution in [1.29, 1.82) is 0 Å². The first-order valence-electron chi connectivity index (χ1n) is 15.9. The SMILES string of the molecule is CCCCCCCCCCOc1ncc(-c2ccc(O)cc2)cn1.CCCCCCOC(c1ccc(C(=O)O)cc1)C(F)(F)F. The number of nitrogens with zero attached hydrogens (tertiary/aromatic N) is 2. The summed E-state index contributed by atoms with van der Waals surface area (Å²) in [5, 5.41) is 18.1. The van der Waals surface area contributed by atoms with Crippen molar-refractivity contribution in [2.75, 3.05) is 13.2 Å². The van der Waals surface area contributed by atoms with Crippen LogP contribution in [0, 0.1) is 0 Å². The van der Waals surface area contributed by atoms with E-state index in [0.29, 0.717) is 19.0 Å². The molecule has 1 aromatic heterocycles. The number of alkyl halides is 3. The Morgan fingerprint density at radius 2 is 1.24 bits per heavy atom. The molecule has 1 heterocycles. The second-order valence-corrected chi connectivity index (χ2v) is 10.9. The lowest BCUT2D eigenvalue weighted by Gasteiger charge is -2.21. The van der Waals surface area contributed by atoms with Crippen molar-refractivity contribution >= 4 is 5.97 Å². The van der Waals surface area contributed by atoms with Crippen molar-refractivity contribution in [2.24, 2.45) is 0 Å². The molecule has 0 amide bonds. The number of halogens is 3. The van der Waals surface area contributed by atoms with Crippen molar-refractivity contribution in [2.45, 2.75) is 103 Å². The van der Waals surface area contributed by atoms with E-state index in [1.165, 1.54) is 44.9 Å². The lowest BCUT2D eigenvalue weighted by molar-refractivity contribution is -0.224. The summed E-state index contributed by atoms with van der Waals surface area (Å²) in [7, 11) is 0. The highest BCUT2D eigenvalue weighted by atomic mass is 19.4. The fourth-order valence-corrected chi connectivity index (χ4v) is 4.50. The molecule has 0 aliphatic carbocycles. The van der Waals surface area contributed by atoms with Crippen LogP contribution in [0.3, 0.4) is 0 Å². The molecule has 0 aliphatic rings. The number of carboxylic acids is 1. The highest BCUT2D eigenvalue weighted by Crippen LogP contribution is 2.36. The molecule has 1 unspecified atom stereocenters. The minimum Gasteiger partial charge on any atom is -0.508 e. The average molecular weight is 633 g/mol. The number of ether oxygens (including phenoxy) is 2. The van der Waals surface area contributed by atoms with Gasteiger partial charge in [0, 0.05) is 24.6 Å². The zero-order valence-corrected chi connectivity index (χ0v) is 26.4. The Bertz CT molecular complexity index is 1200. The number of aromatic hydroxyl groups is 1. The summed E-state index contributed by atoms with van der Waals surface area (Å²) in [6.45, 7) is 4.97. The van der Waals surface area contributed by atoms with Gasteiger partial charge in [-0.15, -0.1) is 0 Å². The van der Waals surface area contributed by atoms with Gasteiger partial charge in [-0.25, -0.2) is 14.8 Å². The molecule has 1 atom stereocenters. The summed E-state index contributed by atoms with van der Waals surface area (Å²) in [5.41, 5.74) is 1.75. The first-order chi connectivity index (χ1) is 21.7. The average Bonchev–Trinajstić information content (AvgIpc) is 3.02. The van der Waals surface area contributed by atoms with E-state index in [1.807, 2.05) is 19.1 Å². The molecule has 2 aromatic carbocycles. The van der Waals surface area contributed by atoms with Crippen molar-refractivity contribution in [3.8, 4) is 22.9 Å². The minimum absolute atomic E-state index is 0.0326. The van der Waals surface area contributed by atoms with Gasteiger partial charge in [-0.1, -0.05) is 102 Å². The van der Waals surface area contributed by atoms with Gasteiger partial charge in [0.2, 0.25) is 0 Å². The van der Waals surface area contributed by atoms with Crippen LogP contribution in [0.4, 0.5) is 13.2 Å². The predicted octanol–water partition coefficient (Wildman–Crippen LogP) is 9.95. The Kier molecular flexibility index (Phi) is 17.6. The number of aromatic nitrogens is 2. The van der Waals surface area contributed by atoms with Crippen molar-refractivity contribution in [3.05, 3.63) is 72.1 Å². The van der Waals surface area contributed by atoms with Crippen molar-refractivity contribution < 1.29 is 37.7 Å². The molecular formula is C35H47F3N2O5. The van der Waals surface area contributed by atoms with Gasteiger partial charge in [-0.3, -0.25) is 0 Å². The number of phenols is 1. The van der Waals surface area contributed by atoms with Crippen LogP contribution < -0.4 is 4.74 Å². The number of carbonyl (C=O) groups is 1. The maximum absolute atomic E-state index is 13.0. The normalized spacial score (nSPS) is 11.8. The summed E-state index contributed by atoms with van der Waals surface area (Å²) in [4.78, 5) is 19.2. The Balaban J connectivity index is 0.000000317. The van der Waals surface area contributed by atoms with E-state index >= 15 is 0 Å². The first-order valence-corrected chi connectivity index (χ1v) is 15.9. The summed E-state index contributed by atoms with van der Waals surface area (Å²) < 4.78 is 49.6. The van der Waals surface area contributed by atoms with Crippen LogP contribution in [0.2, 0.25) is 0 Å². The van der Waals surface area contributed by atoms with E-state index in [2.05, 4.69) is 16.9 Å². The first kappa shape index (κ1) is 37.5. The fourth-order valence-electron chi connectivity index (χ4n) is 4.50. The monoisotopic (exact) mass is 632 g/mol. The number of hydrogen-bond donors (Lipinski definition) is 2. The molecule has 10 heteroatoms.